The van der Waals surface area contributed by atoms with E-state index < -0.39 is 6.61 Å². The number of para-hydroxylation sites is 1. The molecule has 0 saturated carbocycles. The summed E-state index contributed by atoms with van der Waals surface area (Å²) < 4.78 is 29.7. The molecule has 1 fully saturated rings. The minimum Gasteiger partial charge on any atom is -0.434 e. The summed E-state index contributed by atoms with van der Waals surface area (Å²) in [6.07, 6.45) is 3.64. The molecule has 1 saturated heterocycles. The van der Waals surface area contributed by atoms with Crippen molar-refractivity contribution in [2.75, 3.05) is 18.4 Å². The number of aryl methyl sites for hydroxylation is 1. The van der Waals surface area contributed by atoms with Gasteiger partial charge in [0, 0.05) is 36.5 Å². The number of likely N-dealkylation sites (tertiary alicyclic amines) is 1. The van der Waals surface area contributed by atoms with Crippen LogP contribution in [0.5, 0.6) is 5.75 Å². The number of nitrogens with one attached hydrogen (secondary N) is 1. The van der Waals surface area contributed by atoms with Crippen LogP contribution in [0.1, 0.15) is 24.1 Å². The quantitative estimate of drug-likeness (QED) is 0.866. The second kappa shape index (κ2) is 8.20. The van der Waals surface area contributed by atoms with Crippen molar-refractivity contribution in [2.45, 2.75) is 39.0 Å². The number of hydrogen-bond donors (Lipinski definition) is 1. The van der Waals surface area contributed by atoms with Gasteiger partial charge in [-0.3, -0.25) is 4.90 Å². The number of alkyl halides is 2. The normalized spacial score (nSPS) is 18.3. The third-order valence-electron chi connectivity index (χ3n) is 4.24. The number of aromatic nitrogens is 2. The lowest BCUT2D eigenvalue weighted by molar-refractivity contribution is -0.0508. The lowest BCUT2D eigenvalue weighted by Crippen LogP contribution is -2.41. The van der Waals surface area contributed by atoms with Gasteiger partial charge in [-0.2, -0.15) is 8.78 Å². The standard InChI is InChI=1S/C18H22F2N4O/c1-13-9-17(22-12-21-13)23-15-6-4-8-24(11-15)10-14-5-2-3-7-16(14)25-18(19)20/h2-3,5,7,9,12,15,18H,4,6,8,10-11H2,1H3,(H,21,22,23). The maximum Gasteiger partial charge on any atom is 0.387 e. The number of rotatable bonds is 6. The van der Waals surface area contributed by atoms with E-state index in [1.165, 1.54) is 0 Å². The van der Waals surface area contributed by atoms with Gasteiger partial charge in [-0.15, -0.1) is 0 Å². The van der Waals surface area contributed by atoms with E-state index in [4.69, 9.17) is 0 Å². The molecule has 1 aliphatic heterocycles. The van der Waals surface area contributed by atoms with Crippen LogP contribution in [0.4, 0.5) is 14.6 Å². The van der Waals surface area contributed by atoms with Gasteiger partial charge in [-0.05, 0) is 32.4 Å². The predicted octanol–water partition coefficient (Wildman–Crippen LogP) is 3.46. The maximum atomic E-state index is 12.6. The summed E-state index contributed by atoms with van der Waals surface area (Å²) in [6.45, 7) is 1.47. The highest BCUT2D eigenvalue weighted by molar-refractivity contribution is 5.36. The van der Waals surface area contributed by atoms with E-state index >= 15 is 0 Å². The number of nitrogens with zero attached hydrogens (tertiary/aromatic N) is 3. The molecule has 7 heteroatoms. The van der Waals surface area contributed by atoms with Gasteiger partial charge in [0.05, 0.1) is 0 Å². The Bertz CT molecular complexity index is 698. The second-order valence-corrected chi connectivity index (χ2v) is 6.25. The van der Waals surface area contributed by atoms with Crippen LogP contribution in [0.2, 0.25) is 0 Å². The molecule has 0 radical (unpaired) electrons. The van der Waals surface area contributed by atoms with E-state index in [1.807, 2.05) is 25.1 Å². The first kappa shape index (κ1) is 17.5. The summed E-state index contributed by atoms with van der Waals surface area (Å²) in [5.41, 5.74) is 1.70. The predicted molar refractivity (Wildman–Crippen MR) is 91.8 cm³/mol. The van der Waals surface area contributed by atoms with E-state index in [2.05, 4.69) is 24.9 Å². The Kier molecular flexibility index (Phi) is 5.75. The van der Waals surface area contributed by atoms with Crippen LogP contribution < -0.4 is 10.1 Å². The molecule has 1 N–H and O–H groups in total. The number of anilines is 1. The Labute approximate surface area is 146 Å². The molecule has 2 aromatic rings. The molecule has 1 unspecified atom stereocenters. The molecular weight excluding hydrogens is 326 g/mol. The topological polar surface area (TPSA) is 50.3 Å². The first-order valence-corrected chi connectivity index (χ1v) is 8.40. The van der Waals surface area contributed by atoms with Crippen molar-refractivity contribution in [1.29, 1.82) is 0 Å². The van der Waals surface area contributed by atoms with Crippen LogP contribution in [0, 0.1) is 6.92 Å². The SMILES string of the molecule is Cc1cc(NC2CCCN(Cc3ccccc3OC(F)F)C2)ncn1. The fraction of sp³-hybridized carbons (Fsp3) is 0.444. The monoisotopic (exact) mass is 348 g/mol. The van der Waals surface area contributed by atoms with Gasteiger partial charge in [0.1, 0.15) is 17.9 Å². The molecule has 25 heavy (non-hydrogen) atoms. The van der Waals surface area contributed by atoms with Crippen molar-refractivity contribution in [3.8, 4) is 5.75 Å². The summed E-state index contributed by atoms with van der Waals surface area (Å²) in [5, 5.41) is 3.44. The van der Waals surface area contributed by atoms with Crippen LogP contribution in [-0.2, 0) is 6.54 Å². The maximum absolute atomic E-state index is 12.6. The Hall–Kier alpha value is -2.28. The van der Waals surface area contributed by atoms with Crippen molar-refractivity contribution in [1.82, 2.24) is 14.9 Å². The largest absolute Gasteiger partial charge is 0.434 e. The lowest BCUT2D eigenvalue weighted by atomic mass is 10.0. The molecule has 2 heterocycles. The van der Waals surface area contributed by atoms with E-state index in [0.29, 0.717) is 6.54 Å². The minimum atomic E-state index is -2.81. The fourth-order valence-electron chi connectivity index (χ4n) is 3.15. The Morgan fingerprint density at radius 2 is 2.16 bits per heavy atom. The van der Waals surface area contributed by atoms with Crippen molar-refractivity contribution >= 4 is 5.82 Å². The lowest BCUT2D eigenvalue weighted by Gasteiger charge is -2.33. The van der Waals surface area contributed by atoms with Crippen molar-refractivity contribution < 1.29 is 13.5 Å². The van der Waals surface area contributed by atoms with Crippen LogP contribution in [0.3, 0.4) is 0 Å². The van der Waals surface area contributed by atoms with Crippen LogP contribution in [-0.4, -0.2) is 40.6 Å². The van der Waals surface area contributed by atoms with Gasteiger partial charge in [0.2, 0.25) is 0 Å². The second-order valence-electron chi connectivity index (χ2n) is 6.25. The van der Waals surface area contributed by atoms with Gasteiger partial charge in [0.15, 0.2) is 0 Å². The Morgan fingerprint density at radius 1 is 1.32 bits per heavy atom. The highest BCUT2D eigenvalue weighted by Crippen LogP contribution is 2.24. The summed E-state index contributed by atoms with van der Waals surface area (Å²) in [7, 11) is 0. The van der Waals surface area contributed by atoms with Gasteiger partial charge >= 0.3 is 6.61 Å². The average Bonchev–Trinajstić information content (AvgIpc) is 2.57. The summed E-state index contributed by atoms with van der Waals surface area (Å²) in [5.74, 6) is 1.07. The van der Waals surface area contributed by atoms with Crippen molar-refractivity contribution in [3.63, 3.8) is 0 Å². The highest BCUT2D eigenvalue weighted by Gasteiger charge is 2.21. The number of benzene rings is 1. The molecule has 0 aliphatic carbocycles. The van der Waals surface area contributed by atoms with Crippen molar-refractivity contribution in [3.05, 3.63) is 47.9 Å². The smallest absolute Gasteiger partial charge is 0.387 e. The summed E-state index contributed by atoms with van der Waals surface area (Å²) in [4.78, 5) is 10.6. The number of halogens is 2. The van der Waals surface area contributed by atoms with Gasteiger partial charge < -0.3 is 10.1 Å². The molecule has 0 bridgehead atoms. The first-order chi connectivity index (χ1) is 12.1. The third kappa shape index (κ3) is 5.09. The third-order valence-corrected chi connectivity index (χ3v) is 4.24. The van der Waals surface area contributed by atoms with E-state index in [9.17, 15) is 8.78 Å². The molecule has 1 atom stereocenters. The van der Waals surface area contributed by atoms with E-state index in [0.717, 1.165) is 43.0 Å². The Balaban J connectivity index is 1.62. The summed E-state index contributed by atoms with van der Waals surface area (Å²) in [6, 6.07) is 9.17. The zero-order valence-electron chi connectivity index (χ0n) is 14.2. The number of ether oxygens (including phenoxy) is 1. The fourth-order valence-corrected chi connectivity index (χ4v) is 3.15. The molecule has 1 aliphatic rings. The molecule has 1 aromatic heterocycles. The van der Waals surface area contributed by atoms with E-state index in [1.54, 1.807) is 18.5 Å². The molecule has 3 rings (SSSR count). The number of hydrogen-bond acceptors (Lipinski definition) is 5. The summed E-state index contributed by atoms with van der Waals surface area (Å²) >= 11 is 0. The molecule has 1 aromatic carbocycles. The van der Waals surface area contributed by atoms with Crippen LogP contribution >= 0.6 is 0 Å². The highest BCUT2D eigenvalue weighted by atomic mass is 19.3. The van der Waals surface area contributed by atoms with Crippen molar-refractivity contribution in [2.24, 2.45) is 0 Å². The van der Waals surface area contributed by atoms with Crippen LogP contribution in [0.25, 0.3) is 0 Å². The molecule has 134 valence electrons. The first-order valence-electron chi connectivity index (χ1n) is 8.40. The van der Waals surface area contributed by atoms with Gasteiger partial charge in [-0.1, -0.05) is 18.2 Å². The van der Waals surface area contributed by atoms with E-state index in [-0.39, 0.29) is 11.8 Å². The molecular formula is C18H22F2N4O. The molecule has 0 spiro atoms. The molecule has 5 nitrogen and oxygen atoms in total. The van der Waals surface area contributed by atoms with Gasteiger partial charge in [-0.25, -0.2) is 9.97 Å². The van der Waals surface area contributed by atoms with Gasteiger partial charge in [0.25, 0.3) is 0 Å². The van der Waals surface area contributed by atoms with Crippen LogP contribution in [0.15, 0.2) is 36.7 Å². The zero-order valence-corrected chi connectivity index (χ0v) is 14.2. The minimum absolute atomic E-state index is 0.249. The molecule has 0 amide bonds. The average molecular weight is 348 g/mol. The zero-order chi connectivity index (χ0) is 17.6. The Morgan fingerprint density at radius 3 is 2.96 bits per heavy atom. The number of piperidine rings is 1.